The molecule has 9 atom stereocenters. The number of likely N-dealkylation sites (tertiary alicyclic amines) is 1. The summed E-state index contributed by atoms with van der Waals surface area (Å²) in [6.45, 7) is 14.1. The van der Waals surface area contributed by atoms with Crippen molar-refractivity contribution in [2.75, 3.05) is 47.2 Å². The summed E-state index contributed by atoms with van der Waals surface area (Å²) in [7, 11) is 8.54. The highest BCUT2D eigenvalue weighted by molar-refractivity contribution is 5.99. The van der Waals surface area contributed by atoms with Crippen molar-refractivity contribution < 1.29 is 33.4 Å². The van der Waals surface area contributed by atoms with Crippen LogP contribution in [0.4, 0.5) is 5.69 Å². The molecular formula is C49H73N7O7. The molecule has 1 aromatic heterocycles. The Balaban J connectivity index is 1.51. The van der Waals surface area contributed by atoms with E-state index in [4.69, 9.17) is 9.47 Å². The molecule has 1 fully saturated rings. The van der Waals surface area contributed by atoms with Crippen molar-refractivity contribution in [3.05, 3.63) is 72.4 Å². The highest BCUT2D eigenvalue weighted by Gasteiger charge is 2.43. The fourth-order valence-corrected chi connectivity index (χ4v) is 9.14. The maximum atomic E-state index is 14.4. The number of likely N-dealkylation sites (N-methyl/N-ethyl adjacent to an activating group) is 2. The standard InChI is InChI=1S/C49H73N7O7/c1-13-32(6)44(55(10)49(61)42(30(2)3)53-48(60)43(31(4)5)54(8)9)40(62-11)28-41(57)56-25-19-24-39(56)45(63-12)33(7)46(58)52-38(26-34-20-15-14-16-21-34)47(59)51-36-27-35-22-17-18-23-37(35)50-29-36/h14-18,20-23,27,29-33,38-40,42-45H,13,19,24-26,28H2,1-12H3,(H,51,59)(H,52,58)(H,53,60)/t32-,33+,38-,39-,40+,42-,43-,44-,45+/m0/s1. The first kappa shape index (κ1) is 50.7. The van der Waals surface area contributed by atoms with Crippen LogP contribution in [0, 0.1) is 23.7 Å². The number of carbonyl (C=O) groups is 5. The number of nitrogens with one attached hydrogen (secondary N) is 3. The van der Waals surface area contributed by atoms with Gasteiger partial charge in [-0.3, -0.25) is 33.9 Å². The van der Waals surface area contributed by atoms with Gasteiger partial charge < -0.3 is 35.2 Å². The molecule has 14 heteroatoms. The Hall–Kier alpha value is -4.92. The first-order valence-corrected chi connectivity index (χ1v) is 22.5. The average molecular weight is 872 g/mol. The van der Waals surface area contributed by atoms with Crippen molar-refractivity contribution >= 4 is 46.1 Å². The summed E-state index contributed by atoms with van der Waals surface area (Å²) in [6, 6.07) is 16.0. The predicted molar refractivity (Wildman–Crippen MR) is 248 cm³/mol. The van der Waals surface area contributed by atoms with Crippen molar-refractivity contribution in [1.82, 2.24) is 30.3 Å². The van der Waals surface area contributed by atoms with Gasteiger partial charge in [0.2, 0.25) is 29.5 Å². The van der Waals surface area contributed by atoms with Crippen LogP contribution in [0.3, 0.4) is 0 Å². The van der Waals surface area contributed by atoms with Gasteiger partial charge in [-0.25, -0.2) is 0 Å². The van der Waals surface area contributed by atoms with Crippen molar-refractivity contribution in [2.45, 2.75) is 123 Å². The Kier molecular flexibility index (Phi) is 19.1. The van der Waals surface area contributed by atoms with Crippen LogP contribution < -0.4 is 16.0 Å². The first-order chi connectivity index (χ1) is 29.9. The number of aromatic nitrogens is 1. The lowest BCUT2D eigenvalue weighted by Gasteiger charge is -2.41. The largest absolute Gasteiger partial charge is 0.379 e. The number of para-hydroxylation sites is 1. The number of nitrogens with zero attached hydrogens (tertiary/aromatic N) is 4. The second-order valence-electron chi connectivity index (χ2n) is 18.1. The molecule has 63 heavy (non-hydrogen) atoms. The molecule has 0 bridgehead atoms. The Labute approximate surface area is 375 Å². The number of methoxy groups -OCH3 is 2. The summed E-state index contributed by atoms with van der Waals surface area (Å²) in [5.74, 6) is -2.33. The van der Waals surface area contributed by atoms with Gasteiger partial charge in [0.1, 0.15) is 12.1 Å². The van der Waals surface area contributed by atoms with Gasteiger partial charge in [-0.1, -0.05) is 103 Å². The van der Waals surface area contributed by atoms with E-state index in [-0.39, 0.29) is 60.1 Å². The van der Waals surface area contributed by atoms with E-state index in [1.165, 1.54) is 0 Å². The highest BCUT2D eigenvalue weighted by Crippen LogP contribution is 2.30. The summed E-state index contributed by atoms with van der Waals surface area (Å²) in [5.41, 5.74) is 2.19. The van der Waals surface area contributed by atoms with E-state index in [0.717, 1.165) is 22.9 Å². The highest BCUT2D eigenvalue weighted by atomic mass is 16.5. The second kappa shape index (κ2) is 23.7. The van der Waals surface area contributed by atoms with Crippen LogP contribution in [0.5, 0.6) is 0 Å². The van der Waals surface area contributed by atoms with Gasteiger partial charge in [-0.05, 0) is 62.4 Å². The summed E-state index contributed by atoms with van der Waals surface area (Å²) in [6.07, 6.45) is 2.57. The minimum Gasteiger partial charge on any atom is -0.379 e. The first-order valence-electron chi connectivity index (χ1n) is 22.5. The van der Waals surface area contributed by atoms with Crippen LogP contribution in [0.15, 0.2) is 66.9 Å². The third kappa shape index (κ3) is 13.1. The van der Waals surface area contributed by atoms with Crippen molar-refractivity contribution in [3.63, 3.8) is 0 Å². The lowest BCUT2D eigenvalue weighted by atomic mass is 9.89. The fourth-order valence-electron chi connectivity index (χ4n) is 9.14. The average Bonchev–Trinajstić information content (AvgIpc) is 3.74. The lowest BCUT2D eigenvalue weighted by Crippen LogP contribution is -2.59. The zero-order valence-corrected chi connectivity index (χ0v) is 39.6. The number of hydrogen-bond acceptors (Lipinski definition) is 9. The molecule has 4 rings (SSSR count). The zero-order chi connectivity index (χ0) is 46.5. The molecule has 1 aliphatic heterocycles. The van der Waals surface area contributed by atoms with Crippen LogP contribution >= 0.6 is 0 Å². The lowest BCUT2D eigenvalue weighted by molar-refractivity contribution is -0.148. The quantitative estimate of drug-likeness (QED) is 0.118. The van der Waals surface area contributed by atoms with E-state index in [1.807, 2.05) is 121 Å². The number of fused-ring (bicyclic) bond motifs is 1. The van der Waals surface area contributed by atoms with Crippen LogP contribution in [0.25, 0.3) is 10.9 Å². The van der Waals surface area contributed by atoms with Crippen LogP contribution in [-0.4, -0.2) is 134 Å². The second-order valence-corrected chi connectivity index (χ2v) is 18.1. The van der Waals surface area contributed by atoms with Gasteiger partial charge in [0.05, 0.1) is 60.1 Å². The normalized spacial score (nSPS) is 18.0. The third-order valence-electron chi connectivity index (χ3n) is 12.7. The summed E-state index contributed by atoms with van der Waals surface area (Å²) >= 11 is 0. The Morgan fingerprint density at radius 2 is 1.51 bits per heavy atom. The minimum absolute atomic E-state index is 0.00561. The van der Waals surface area contributed by atoms with Crippen molar-refractivity contribution in [1.29, 1.82) is 0 Å². The molecule has 3 aromatic rings. The van der Waals surface area contributed by atoms with E-state index >= 15 is 0 Å². The number of hydrogen-bond donors (Lipinski definition) is 3. The van der Waals surface area contributed by atoms with E-state index < -0.39 is 48.3 Å². The summed E-state index contributed by atoms with van der Waals surface area (Å²) in [4.78, 5) is 80.1. The maximum Gasteiger partial charge on any atom is 0.247 e. The van der Waals surface area contributed by atoms with Crippen LogP contribution in [-0.2, 0) is 39.9 Å². The van der Waals surface area contributed by atoms with Gasteiger partial charge >= 0.3 is 0 Å². The molecule has 0 unspecified atom stereocenters. The van der Waals surface area contributed by atoms with Crippen LogP contribution in [0.1, 0.15) is 79.7 Å². The molecule has 5 amide bonds. The zero-order valence-electron chi connectivity index (χ0n) is 39.6. The molecule has 2 aromatic carbocycles. The third-order valence-corrected chi connectivity index (χ3v) is 12.7. The Bertz CT molecular complexity index is 1970. The van der Waals surface area contributed by atoms with E-state index in [2.05, 4.69) is 20.9 Å². The predicted octanol–water partition coefficient (Wildman–Crippen LogP) is 5.55. The number of anilines is 1. The molecule has 2 heterocycles. The van der Waals surface area contributed by atoms with Gasteiger partial charge in [0.25, 0.3) is 0 Å². The van der Waals surface area contributed by atoms with Crippen molar-refractivity contribution in [3.8, 4) is 0 Å². The number of rotatable bonds is 22. The van der Waals surface area contributed by atoms with Gasteiger partial charge in [-0.2, -0.15) is 0 Å². The fraction of sp³-hybridized carbons (Fsp3) is 0.592. The van der Waals surface area contributed by atoms with E-state index in [9.17, 15) is 24.0 Å². The van der Waals surface area contributed by atoms with Gasteiger partial charge in [0.15, 0.2) is 0 Å². The SMILES string of the molecule is CC[C@H](C)[C@@H]([C@@H](CC(=O)N1CCC[C@H]1[C@H](OC)[C@@H](C)C(=O)N[C@@H](Cc1ccccc1)C(=O)Nc1cnc2ccccc2c1)OC)N(C)C(=O)[C@@H](NC(=O)[C@H](C(C)C)N(C)C)C(C)C. The number of ether oxygens (including phenoxy) is 2. The van der Waals surface area contributed by atoms with E-state index in [0.29, 0.717) is 25.1 Å². The Morgan fingerprint density at radius 3 is 2.11 bits per heavy atom. The molecule has 0 radical (unpaired) electrons. The number of pyridine rings is 1. The molecule has 0 aliphatic carbocycles. The number of amides is 5. The number of carbonyl (C=O) groups excluding carboxylic acids is 5. The Morgan fingerprint density at radius 1 is 0.841 bits per heavy atom. The van der Waals surface area contributed by atoms with Crippen LogP contribution in [0.2, 0.25) is 0 Å². The molecular weight excluding hydrogens is 799 g/mol. The minimum atomic E-state index is -0.916. The van der Waals surface area contributed by atoms with E-state index in [1.54, 1.807) is 44.2 Å². The molecule has 3 N–H and O–H groups in total. The summed E-state index contributed by atoms with van der Waals surface area (Å²) < 4.78 is 12.1. The molecule has 14 nitrogen and oxygen atoms in total. The topological polar surface area (TPSA) is 163 Å². The maximum absolute atomic E-state index is 14.4. The monoisotopic (exact) mass is 872 g/mol. The molecule has 1 aliphatic rings. The smallest absolute Gasteiger partial charge is 0.247 e. The molecule has 346 valence electrons. The molecule has 0 saturated carbocycles. The summed E-state index contributed by atoms with van der Waals surface area (Å²) in [5, 5.41) is 9.88. The van der Waals surface area contributed by atoms with Crippen molar-refractivity contribution in [2.24, 2.45) is 23.7 Å². The van der Waals surface area contributed by atoms with Gasteiger partial charge in [0, 0.05) is 39.6 Å². The number of benzene rings is 2. The molecule has 0 spiro atoms. The van der Waals surface area contributed by atoms with Gasteiger partial charge in [-0.15, -0.1) is 0 Å². The molecule has 1 saturated heterocycles.